The molecule has 0 saturated carbocycles. The molecule has 0 spiro atoms. The lowest BCUT2D eigenvalue weighted by Crippen LogP contribution is -2.30. The molecule has 6 heteroatoms. The topological polar surface area (TPSA) is 83.8 Å². The molecular weight excluding hydrogens is 295 g/mol. The Hall–Kier alpha value is -0.630. The summed E-state index contributed by atoms with van der Waals surface area (Å²) in [6, 6.07) is 0.165. The van der Waals surface area contributed by atoms with Gasteiger partial charge >= 0.3 is 0 Å². The number of aromatic amines is 1. The first kappa shape index (κ1) is 11.4. The van der Waals surface area contributed by atoms with Gasteiger partial charge in [0, 0.05) is 12.6 Å². The zero-order valence-electron chi connectivity index (χ0n) is 7.88. The standard InChI is InChI=1S/C8H13IN4O/c1-2-5(3-10)13-7-6(9)8(14)12-4-11-7/h4-5H,2-3,10H2,1H3,(H2,11,12,13,14). The van der Waals surface area contributed by atoms with Crippen LogP contribution in [0.3, 0.4) is 0 Å². The van der Waals surface area contributed by atoms with Crippen molar-refractivity contribution in [2.24, 2.45) is 5.73 Å². The van der Waals surface area contributed by atoms with E-state index < -0.39 is 0 Å². The van der Waals surface area contributed by atoms with Crippen molar-refractivity contribution in [3.8, 4) is 0 Å². The largest absolute Gasteiger partial charge is 0.365 e. The second-order valence-electron chi connectivity index (χ2n) is 2.88. The van der Waals surface area contributed by atoms with E-state index in [-0.39, 0.29) is 11.6 Å². The third-order valence-corrected chi connectivity index (χ3v) is 2.92. The van der Waals surface area contributed by atoms with Gasteiger partial charge in [0.25, 0.3) is 5.56 Å². The van der Waals surface area contributed by atoms with Crippen LogP contribution in [0.5, 0.6) is 0 Å². The Morgan fingerprint density at radius 1 is 1.79 bits per heavy atom. The Labute approximate surface area is 95.6 Å². The highest BCUT2D eigenvalue weighted by molar-refractivity contribution is 14.1. The van der Waals surface area contributed by atoms with Gasteiger partial charge in [0.1, 0.15) is 9.39 Å². The molecule has 5 nitrogen and oxygen atoms in total. The van der Waals surface area contributed by atoms with Crippen molar-refractivity contribution in [2.75, 3.05) is 11.9 Å². The van der Waals surface area contributed by atoms with Crippen LogP contribution >= 0.6 is 22.6 Å². The Bertz CT molecular complexity index is 347. The van der Waals surface area contributed by atoms with Crippen LogP contribution < -0.4 is 16.6 Å². The Morgan fingerprint density at radius 3 is 3.07 bits per heavy atom. The average Bonchev–Trinajstić information content (AvgIpc) is 2.20. The molecule has 0 aliphatic rings. The summed E-state index contributed by atoms with van der Waals surface area (Å²) in [6.45, 7) is 2.56. The van der Waals surface area contributed by atoms with Gasteiger partial charge in [-0.3, -0.25) is 4.79 Å². The number of aromatic nitrogens is 2. The van der Waals surface area contributed by atoms with Crippen molar-refractivity contribution >= 4 is 28.4 Å². The molecule has 0 saturated heterocycles. The lowest BCUT2D eigenvalue weighted by molar-refractivity contribution is 0.698. The molecule has 1 heterocycles. The van der Waals surface area contributed by atoms with Crippen molar-refractivity contribution in [2.45, 2.75) is 19.4 Å². The van der Waals surface area contributed by atoms with Crippen molar-refractivity contribution in [1.82, 2.24) is 9.97 Å². The summed E-state index contributed by atoms with van der Waals surface area (Å²) in [5.41, 5.74) is 5.41. The van der Waals surface area contributed by atoms with Crippen molar-refractivity contribution in [1.29, 1.82) is 0 Å². The highest BCUT2D eigenvalue weighted by Crippen LogP contribution is 2.10. The SMILES string of the molecule is CCC(CN)Nc1nc[nH]c(=O)c1I. The molecule has 0 aliphatic heterocycles. The van der Waals surface area contributed by atoms with Crippen molar-refractivity contribution in [3.05, 3.63) is 20.3 Å². The molecule has 1 aromatic heterocycles. The fraction of sp³-hybridized carbons (Fsp3) is 0.500. The zero-order chi connectivity index (χ0) is 10.6. The molecule has 14 heavy (non-hydrogen) atoms. The Morgan fingerprint density at radius 2 is 2.50 bits per heavy atom. The average molecular weight is 308 g/mol. The normalized spacial score (nSPS) is 12.5. The highest BCUT2D eigenvalue weighted by atomic mass is 127. The van der Waals surface area contributed by atoms with E-state index in [1.807, 2.05) is 29.5 Å². The number of halogens is 1. The van der Waals surface area contributed by atoms with E-state index >= 15 is 0 Å². The third-order valence-electron chi connectivity index (χ3n) is 1.91. The second kappa shape index (κ2) is 5.30. The van der Waals surface area contributed by atoms with Gasteiger partial charge in [-0.2, -0.15) is 0 Å². The van der Waals surface area contributed by atoms with E-state index in [1.54, 1.807) is 0 Å². The van der Waals surface area contributed by atoms with Crippen LogP contribution in [-0.2, 0) is 0 Å². The van der Waals surface area contributed by atoms with Crippen LogP contribution in [0.2, 0.25) is 0 Å². The number of nitrogens with one attached hydrogen (secondary N) is 2. The summed E-state index contributed by atoms with van der Waals surface area (Å²) in [5, 5.41) is 3.12. The maximum atomic E-state index is 11.2. The van der Waals surface area contributed by atoms with Crippen molar-refractivity contribution in [3.63, 3.8) is 0 Å². The minimum Gasteiger partial charge on any atom is -0.365 e. The minimum absolute atomic E-state index is 0.130. The van der Waals surface area contributed by atoms with Crippen LogP contribution in [0.1, 0.15) is 13.3 Å². The number of rotatable bonds is 4. The van der Waals surface area contributed by atoms with Gasteiger partial charge in [0.15, 0.2) is 0 Å². The number of anilines is 1. The molecule has 0 aromatic carbocycles. The quantitative estimate of drug-likeness (QED) is 0.708. The maximum Gasteiger partial charge on any atom is 0.266 e. The summed E-state index contributed by atoms with van der Waals surface area (Å²) in [6.07, 6.45) is 2.29. The third kappa shape index (κ3) is 2.68. The first-order valence-corrected chi connectivity index (χ1v) is 5.46. The molecular formula is C8H13IN4O. The molecule has 0 radical (unpaired) electrons. The summed E-state index contributed by atoms with van der Waals surface area (Å²) in [5.74, 6) is 0.603. The maximum absolute atomic E-state index is 11.2. The predicted molar refractivity (Wildman–Crippen MR) is 64.3 cm³/mol. The van der Waals surface area contributed by atoms with E-state index in [2.05, 4.69) is 15.3 Å². The van der Waals surface area contributed by atoms with Crippen LogP contribution in [0.25, 0.3) is 0 Å². The van der Waals surface area contributed by atoms with Gasteiger partial charge < -0.3 is 16.0 Å². The van der Waals surface area contributed by atoms with Gasteiger partial charge in [-0.1, -0.05) is 6.92 Å². The lowest BCUT2D eigenvalue weighted by atomic mass is 10.2. The van der Waals surface area contributed by atoms with Gasteiger partial charge in [-0.15, -0.1) is 0 Å². The fourth-order valence-electron chi connectivity index (χ4n) is 1.00. The van der Waals surface area contributed by atoms with Crippen LogP contribution in [-0.4, -0.2) is 22.6 Å². The highest BCUT2D eigenvalue weighted by Gasteiger charge is 2.09. The van der Waals surface area contributed by atoms with Gasteiger partial charge in [0.05, 0.1) is 6.33 Å². The second-order valence-corrected chi connectivity index (χ2v) is 3.96. The Balaban J connectivity index is 2.86. The van der Waals surface area contributed by atoms with Gasteiger partial charge in [-0.05, 0) is 29.0 Å². The molecule has 0 fully saturated rings. The van der Waals surface area contributed by atoms with Crippen LogP contribution in [0.4, 0.5) is 5.82 Å². The molecule has 1 atom stereocenters. The van der Waals surface area contributed by atoms with E-state index in [9.17, 15) is 4.79 Å². The van der Waals surface area contributed by atoms with E-state index in [4.69, 9.17) is 5.73 Å². The molecule has 0 aliphatic carbocycles. The summed E-state index contributed by atoms with van der Waals surface area (Å²) in [4.78, 5) is 17.8. The van der Waals surface area contributed by atoms with Crippen LogP contribution in [0.15, 0.2) is 11.1 Å². The van der Waals surface area contributed by atoms with E-state index in [0.29, 0.717) is 15.9 Å². The van der Waals surface area contributed by atoms with E-state index in [1.165, 1.54) is 6.33 Å². The Kier molecular flexibility index (Phi) is 4.33. The first-order chi connectivity index (χ1) is 6.69. The zero-order valence-corrected chi connectivity index (χ0v) is 10.0. The molecule has 78 valence electrons. The number of nitrogens with zero attached hydrogens (tertiary/aromatic N) is 1. The van der Waals surface area contributed by atoms with Gasteiger partial charge in [-0.25, -0.2) is 4.98 Å². The number of hydrogen-bond acceptors (Lipinski definition) is 4. The molecule has 1 rings (SSSR count). The summed E-state index contributed by atoms with van der Waals surface area (Å²) >= 11 is 1.96. The molecule has 1 aromatic rings. The van der Waals surface area contributed by atoms with Crippen LogP contribution in [0, 0.1) is 3.57 Å². The lowest BCUT2D eigenvalue weighted by Gasteiger charge is -2.15. The fourth-order valence-corrected chi connectivity index (χ4v) is 1.46. The van der Waals surface area contributed by atoms with Crippen molar-refractivity contribution < 1.29 is 0 Å². The smallest absolute Gasteiger partial charge is 0.266 e. The summed E-state index contributed by atoms with van der Waals surface area (Å²) in [7, 11) is 0. The molecule has 4 N–H and O–H groups in total. The molecule has 1 unspecified atom stereocenters. The first-order valence-electron chi connectivity index (χ1n) is 4.38. The van der Waals surface area contributed by atoms with E-state index in [0.717, 1.165) is 6.42 Å². The molecule has 0 bridgehead atoms. The predicted octanol–water partition coefficient (Wildman–Crippen LogP) is 0.524. The summed E-state index contributed by atoms with van der Waals surface area (Å²) < 4.78 is 0.567. The van der Waals surface area contributed by atoms with Gasteiger partial charge in [0.2, 0.25) is 0 Å². The number of hydrogen-bond donors (Lipinski definition) is 3. The monoisotopic (exact) mass is 308 g/mol. The number of H-pyrrole nitrogens is 1. The number of nitrogens with two attached hydrogens (primary N) is 1. The minimum atomic E-state index is -0.130. The molecule has 0 amide bonds.